The molecule has 44 heavy (non-hydrogen) atoms. The Balaban J connectivity index is 0.000000469. The third-order valence-corrected chi connectivity index (χ3v) is 6.86. The van der Waals surface area contributed by atoms with Crippen LogP contribution in [0.25, 0.3) is 0 Å². The van der Waals surface area contributed by atoms with Gasteiger partial charge in [0.25, 0.3) is 0 Å². The summed E-state index contributed by atoms with van der Waals surface area (Å²) >= 11 is 0. The first-order chi connectivity index (χ1) is 20.6. The van der Waals surface area contributed by atoms with Crippen molar-refractivity contribution in [1.82, 2.24) is 15.1 Å². The van der Waals surface area contributed by atoms with E-state index in [1.54, 1.807) is 4.90 Å². The summed E-state index contributed by atoms with van der Waals surface area (Å²) in [5.74, 6) is -0.255. The lowest BCUT2D eigenvalue weighted by atomic mass is 10.1. The highest BCUT2D eigenvalue weighted by molar-refractivity contribution is 5.89. The number of hydrogen-bond donors (Lipinski definition) is 0. The molecule has 0 bridgehead atoms. The highest BCUT2D eigenvalue weighted by atomic mass is 19.3. The second-order valence-electron chi connectivity index (χ2n) is 11.6. The highest BCUT2D eigenvalue weighted by Gasteiger charge is 2.67. The molecule has 2 heterocycles. The standard InChI is InChI=1S/C26H42N2O4.C4H2F6N2/c1-5-6-7-8-9-10-11-12-21-31-24(29)22-13-15-23(16-14-22)27-17-19-28(20-18-27)25(30)32-26(2,3)4;5-3(6)4(7,8)12(10)2-1-11(3)9/h13-16H,5-12,17-21H2,1-4H3;1-2H. The number of ether oxygens (including phenoxy) is 2. The summed E-state index contributed by atoms with van der Waals surface area (Å²) in [5.41, 5.74) is 1.15. The quantitative estimate of drug-likeness (QED) is 0.0799. The van der Waals surface area contributed by atoms with Gasteiger partial charge in [-0.05, 0) is 51.5 Å². The lowest BCUT2D eigenvalue weighted by molar-refractivity contribution is -0.394. The van der Waals surface area contributed by atoms with Crippen LogP contribution in [0, 0.1) is 0 Å². The van der Waals surface area contributed by atoms with Gasteiger partial charge in [0.2, 0.25) is 0 Å². The van der Waals surface area contributed by atoms with E-state index in [0.29, 0.717) is 25.3 Å². The van der Waals surface area contributed by atoms with Gasteiger partial charge in [-0.15, -0.1) is 10.2 Å². The van der Waals surface area contributed by atoms with E-state index in [2.05, 4.69) is 11.8 Å². The number of amides is 1. The maximum absolute atomic E-state index is 12.3. The minimum absolute atomic E-state index is 0.141. The van der Waals surface area contributed by atoms with Crippen molar-refractivity contribution in [2.75, 3.05) is 37.7 Å². The number of benzene rings is 1. The summed E-state index contributed by atoms with van der Waals surface area (Å²) in [5, 5.41) is -3.10. The van der Waals surface area contributed by atoms with Crippen LogP contribution >= 0.6 is 0 Å². The van der Waals surface area contributed by atoms with Crippen molar-refractivity contribution < 1.29 is 45.6 Å². The van der Waals surface area contributed by atoms with Crippen molar-refractivity contribution in [2.45, 2.75) is 96.8 Å². The Morgan fingerprint density at radius 3 is 1.73 bits per heavy atom. The van der Waals surface area contributed by atoms with Crippen LogP contribution in [0.5, 0.6) is 0 Å². The SMILES string of the molecule is CCCCCCCCCCOC(=O)c1ccc(N2CCN(C(=O)OC(C)(C)C)CC2)cc1.FN1C=CN(F)C(F)(F)C1(F)F. The first kappa shape index (κ1) is 36.9. The fourth-order valence-corrected chi connectivity index (χ4v) is 4.33. The van der Waals surface area contributed by atoms with Crippen LogP contribution in [-0.4, -0.2) is 77.7 Å². The Kier molecular flexibility index (Phi) is 14.0. The van der Waals surface area contributed by atoms with Gasteiger partial charge in [0, 0.05) is 31.9 Å². The van der Waals surface area contributed by atoms with E-state index in [4.69, 9.17) is 9.47 Å². The van der Waals surface area contributed by atoms with Crippen LogP contribution in [-0.2, 0) is 9.47 Å². The number of carbonyl (C=O) groups is 2. The fraction of sp³-hybridized carbons (Fsp3) is 0.667. The van der Waals surface area contributed by atoms with Crippen LogP contribution in [0.1, 0.15) is 89.4 Å². The summed E-state index contributed by atoms with van der Waals surface area (Å²) in [6.07, 6.45) is 9.27. The van der Waals surface area contributed by atoms with Gasteiger partial charge >= 0.3 is 24.2 Å². The summed E-state index contributed by atoms with van der Waals surface area (Å²) in [4.78, 5) is 28.5. The summed E-state index contributed by atoms with van der Waals surface area (Å²) in [6.45, 7) is 11.1. The van der Waals surface area contributed by atoms with E-state index >= 15 is 0 Å². The topological polar surface area (TPSA) is 65.6 Å². The maximum Gasteiger partial charge on any atom is 0.436 e. The molecule has 1 saturated heterocycles. The molecule has 8 nitrogen and oxygen atoms in total. The predicted molar refractivity (Wildman–Crippen MR) is 154 cm³/mol. The Morgan fingerprint density at radius 1 is 0.773 bits per heavy atom. The zero-order valence-corrected chi connectivity index (χ0v) is 25.8. The molecule has 0 saturated carbocycles. The van der Waals surface area contributed by atoms with Gasteiger partial charge in [-0.2, -0.15) is 17.6 Å². The van der Waals surface area contributed by atoms with Gasteiger partial charge in [0.15, 0.2) is 0 Å². The molecular weight excluding hydrogens is 594 g/mol. The molecule has 1 amide bonds. The zero-order chi connectivity index (χ0) is 33.0. The van der Waals surface area contributed by atoms with E-state index in [1.165, 1.54) is 38.5 Å². The molecule has 0 atom stereocenters. The Hall–Kier alpha value is -3.32. The molecule has 14 heteroatoms. The van der Waals surface area contributed by atoms with Gasteiger partial charge in [0.1, 0.15) is 5.60 Å². The molecule has 250 valence electrons. The van der Waals surface area contributed by atoms with E-state index in [1.807, 2.05) is 45.0 Å². The minimum Gasteiger partial charge on any atom is -0.462 e. The number of unbranched alkanes of at least 4 members (excludes halogenated alkanes) is 7. The fourth-order valence-electron chi connectivity index (χ4n) is 4.33. The van der Waals surface area contributed by atoms with Crippen molar-refractivity contribution in [1.29, 1.82) is 0 Å². The number of piperazine rings is 1. The molecule has 0 radical (unpaired) electrons. The molecule has 1 fully saturated rings. The van der Waals surface area contributed by atoms with Gasteiger partial charge in [-0.3, -0.25) is 0 Å². The number of alkyl halides is 4. The Morgan fingerprint density at radius 2 is 1.25 bits per heavy atom. The number of esters is 1. The van der Waals surface area contributed by atoms with E-state index in [9.17, 15) is 36.1 Å². The third-order valence-electron chi connectivity index (χ3n) is 6.86. The van der Waals surface area contributed by atoms with Crippen LogP contribution in [0.3, 0.4) is 0 Å². The molecule has 0 N–H and O–H groups in total. The number of anilines is 1. The summed E-state index contributed by atoms with van der Waals surface area (Å²) < 4.78 is 83.2. The number of halogens is 6. The minimum atomic E-state index is -5.20. The molecule has 1 aromatic rings. The van der Waals surface area contributed by atoms with Gasteiger partial charge in [-0.25, -0.2) is 9.59 Å². The summed E-state index contributed by atoms with van der Waals surface area (Å²) in [7, 11) is 0. The molecule has 0 spiro atoms. The molecule has 0 unspecified atom stereocenters. The third kappa shape index (κ3) is 11.0. The largest absolute Gasteiger partial charge is 0.462 e. The van der Waals surface area contributed by atoms with Crippen molar-refractivity contribution in [2.24, 2.45) is 0 Å². The number of hydrogen-bond acceptors (Lipinski definition) is 7. The monoisotopic (exact) mass is 638 g/mol. The average Bonchev–Trinajstić information content (AvgIpc) is 2.97. The molecular formula is C30H44F6N4O4. The Bertz CT molecular complexity index is 1040. The van der Waals surface area contributed by atoms with Gasteiger partial charge < -0.3 is 19.3 Å². The van der Waals surface area contributed by atoms with Crippen LogP contribution < -0.4 is 4.90 Å². The van der Waals surface area contributed by atoms with E-state index in [0.717, 1.165) is 31.6 Å². The second kappa shape index (κ2) is 16.7. The van der Waals surface area contributed by atoms with E-state index in [-0.39, 0.29) is 24.5 Å². The van der Waals surface area contributed by atoms with Crippen LogP contribution in [0.2, 0.25) is 0 Å². The molecule has 0 aromatic heterocycles. The number of rotatable bonds is 11. The lowest BCUT2D eigenvalue weighted by Gasteiger charge is -2.36. The highest BCUT2D eigenvalue weighted by Crippen LogP contribution is 2.43. The first-order valence-corrected chi connectivity index (χ1v) is 14.9. The number of carbonyl (C=O) groups excluding carboxylic acids is 2. The van der Waals surface area contributed by atoms with Crippen LogP contribution in [0.15, 0.2) is 36.7 Å². The molecule has 2 aliphatic heterocycles. The van der Waals surface area contributed by atoms with Crippen LogP contribution in [0.4, 0.5) is 37.0 Å². The number of nitrogens with zero attached hydrogens (tertiary/aromatic N) is 4. The molecule has 2 aliphatic rings. The van der Waals surface area contributed by atoms with Crippen molar-refractivity contribution in [3.63, 3.8) is 0 Å². The van der Waals surface area contributed by atoms with Gasteiger partial charge in [-0.1, -0.05) is 60.8 Å². The zero-order valence-electron chi connectivity index (χ0n) is 25.8. The maximum atomic E-state index is 12.3. The predicted octanol–water partition coefficient (Wildman–Crippen LogP) is 8.07. The smallest absolute Gasteiger partial charge is 0.436 e. The van der Waals surface area contributed by atoms with Crippen molar-refractivity contribution in [3.05, 3.63) is 42.2 Å². The summed E-state index contributed by atoms with van der Waals surface area (Å²) in [6, 6.07) is -2.84. The van der Waals surface area contributed by atoms with Crippen molar-refractivity contribution in [3.8, 4) is 0 Å². The molecule has 1 aromatic carbocycles. The first-order valence-electron chi connectivity index (χ1n) is 14.9. The van der Waals surface area contributed by atoms with E-state index < -0.39 is 27.9 Å². The normalized spacial score (nSPS) is 17.6. The molecule has 0 aliphatic carbocycles. The second-order valence-corrected chi connectivity index (χ2v) is 11.6. The Labute approximate surface area is 255 Å². The van der Waals surface area contributed by atoms with Gasteiger partial charge in [0.05, 0.1) is 24.6 Å². The lowest BCUT2D eigenvalue weighted by Crippen LogP contribution is -2.57. The molecule has 3 rings (SSSR count). The average molecular weight is 639 g/mol. The van der Waals surface area contributed by atoms with Crippen molar-refractivity contribution >= 4 is 17.7 Å².